The Kier molecular flexibility index (Phi) is 7.98. The molecular weight excluding hydrogens is 302 g/mol. The van der Waals surface area contributed by atoms with E-state index in [1.165, 1.54) is 11.1 Å². The zero-order valence-electron chi connectivity index (χ0n) is 19.5. The van der Waals surface area contributed by atoms with Crippen molar-refractivity contribution in [1.29, 1.82) is 0 Å². The van der Waals surface area contributed by atoms with Gasteiger partial charge in [-0.05, 0) is 61.7 Å². The first kappa shape index (κ1) is 24.2. The minimum Gasteiger partial charge on any atom is -0.304 e. The second-order valence-electron chi connectivity index (χ2n) is 10.2. The van der Waals surface area contributed by atoms with Crippen LogP contribution in [0.3, 0.4) is 0 Å². The van der Waals surface area contributed by atoms with Crippen LogP contribution in [-0.2, 0) is 10.8 Å². The quantitative estimate of drug-likeness (QED) is 0.552. The first-order valence-corrected chi connectivity index (χ1v) is 9.90. The smallest absolute Gasteiger partial charge is 0.0155 e. The molecule has 0 spiro atoms. The monoisotopic (exact) mass is 347 g/mol. The van der Waals surface area contributed by atoms with Crippen LogP contribution in [-0.4, -0.2) is 24.5 Å². The number of benzene rings is 1. The standard InChI is InChI=1S/C22H39N.C2H6/c1-19(2,3)22(8,9)18-14-12-17(13-15-18)20(4,5)16-21(6,7)23(10)11;1-2/h12-15H,16H2,1-11H3;1-2H3. The van der Waals surface area contributed by atoms with Crippen molar-refractivity contribution >= 4 is 0 Å². The molecule has 0 fully saturated rings. The van der Waals surface area contributed by atoms with E-state index < -0.39 is 0 Å². The van der Waals surface area contributed by atoms with Crippen molar-refractivity contribution in [3.8, 4) is 0 Å². The van der Waals surface area contributed by atoms with E-state index in [4.69, 9.17) is 0 Å². The van der Waals surface area contributed by atoms with Crippen LogP contribution in [0.5, 0.6) is 0 Å². The molecule has 0 aliphatic heterocycles. The Hall–Kier alpha value is -0.820. The van der Waals surface area contributed by atoms with Crippen LogP contribution in [0.2, 0.25) is 0 Å². The van der Waals surface area contributed by atoms with Crippen molar-refractivity contribution in [2.75, 3.05) is 14.1 Å². The van der Waals surface area contributed by atoms with Gasteiger partial charge in [-0.2, -0.15) is 0 Å². The van der Waals surface area contributed by atoms with Gasteiger partial charge in [0.05, 0.1) is 0 Å². The number of rotatable bonds is 5. The molecule has 0 aliphatic carbocycles. The molecule has 0 bridgehead atoms. The van der Waals surface area contributed by atoms with E-state index in [-0.39, 0.29) is 21.8 Å². The Morgan fingerprint density at radius 2 is 1.04 bits per heavy atom. The average Bonchev–Trinajstić information content (AvgIpc) is 2.47. The summed E-state index contributed by atoms with van der Waals surface area (Å²) in [7, 11) is 4.34. The molecule has 0 unspecified atom stereocenters. The summed E-state index contributed by atoms with van der Waals surface area (Å²) in [5.74, 6) is 0. The van der Waals surface area contributed by atoms with E-state index in [2.05, 4.69) is 106 Å². The van der Waals surface area contributed by atoms with Crippen molar-refractivity contribution < 1.29 is 0 Å². The van der Waals surface area contributed by atoms with E-state index >= 15 is 0 Å². The number of hydrogen-bond acceptors (Lipinski definition) is 1. The highest BCUT2D eigenvalue weighted by Crippen LogP contribution is 2.42. The molecule has 0 atom stereocenters. The maximum atomic E-state index is 2.36. The van der Waals surface area contributed by atoms with Gasteiger partial charge < -0.3 is 4.90 Å². The van der Waals surface area contributed by atoms with Crippen LogP contribution in [0.25, 0.3) is 0 Å². The predicted octanol–water partition coefficient (Wildman–Crippen LogP) is 7.04. The molecule has 1 aromatic carbocycles. The van der Waals surface area contributed by atoms with Gasteiger partial charge in [-0.15, -0.1) is 0 Å². The van der Waals surface area contributed by atoms with Gasteiger partial charge in [-0.1, -0.05) is 86.6 Å². The van der Waals surface area contributed by atoms with Crippen LogP contribution in [0.4, 0.5) is 0 Å². The first-order valence-electron chi connectivity index (χ1n) is 9.90. The van der Waals surface area contributed by atoms with Crippen molar-refractivity contribution in [3.05, 3.63) is 35.4 Å². The molecular formula is C24H45N. The summed E-state index contributed by atoms with van der Waals surface area (Å²) in [5.41, 5.74) is 3.62. The summed E-state index contributed by atoms with van der Waals surface area (Å²) in [6.07, 6.45) is 1.13. The van der Waals surface area contributed by atoms with Crippen molar-refractivity contribution in [1.82, 2.24) is 4.90 Å². The van der Waals surface area contributed by atoms with Crippen LogP contribution in [0, 0.1) is 5.41 Å². The molecule has 1 nitrogen and oxygen atoms in total. The Morgan fingerprint density at radius 1 is 0.680 bits per heavy atom. The second-order valence-corrected chi connectivity index (χ2v) is 10.2. The van der Waals surface area contributed by atoms with Gasteiger partial charge in [0.2, 0.25) is 0 Å². The summed E-state index contributed by atoms with van der Waals surface area (Å²) >= 11 is 0. The average molecular weight is 348 g/mol. The van der Waals surface area contributed by atoms with E-state index in [0.29, 0.717) is 0 Å². The number of nitrogens with zero attached hydrogens (tertiary/aromatic N) is 1. The minimum absolute atomic E-state index is 0.165. The van der Waals surface area contributed by atoms with Crippen molar-refractivity contribution in [3.63, 3.8) is 0 Å². The molecule has 1 rings (SSSR count). The molecule has 1 heteroatoms. The van der Waals surface area contributed by atoms with Crippen LogP contribution in [0.1, 0.15) is 93.7 Å². The summed E-state index contributed by atoms with van der Waals surface area (Å²) in [4.78, 5) is 2.33. The van der Waals surface area contributed by atoms with E-state index in [0.717, 1.165) is 6.42 Å². The lowest BCUT2D eigenvalue weighted by Crippen LogP contribution is -2.43. The van der Waals surface area contributed by atoms with Gasteiger partial charge in [0.1, 0.15) is 0 Å². The molecule has 0 N–H and O–H groups in total. The Morgan fingerprint density at radius 3 is 1.36 bits per heavy atom. The van der Waals surface area contributed by atoms with Crippen molar-refractivity contribution in [2.24, 2.45) is 5.41 Å². The van der Waals surface area contributed by atoms with Crippen LogP contribution >= 0.6 is 0 Å². The topological polar surface area (TPSA) is 3.24 Å². The third-order valence-corrected chi connectivity index (χ3v) is 6.35. The maximum Gasteiger partial charge on any atom is 0.0155 e. The van der Waals surface area contributed by atoms with Gasteiger partial charge in [0, 0.05) is 5.54 Å². The lowest BCUT2D eigenvalue weighted by Gasteiger charge is -2.41. The SMILES string of the molecule is CC.CN(C)C(C)(C)CC(C)(C)c1ccc(C(C)(C)C(C)(C)C)cc1. The van der Waals surface area contributed by atoms with Crippen molar-refractivity contribution in [2.45, 2.75) is 99.0 Å². The normalized spacial score (nSPS) is 13.5. The lowest BCUT2D eigenvalue weighted by atomic mass is 9.65. The highest BCUT2D eigenvalue weighted by atomic mass is 15.1. The highest BCUT2D eigenvalue weighted by molar-refractivity contribution is 5.33. The van der Waals surface area contributed by atoms with Crippen LogP contribution in [0.15, 0.2) is 24.3 Å². The molecule has 0 saturated heterocycles. The highest BCUT2D eigenvalue weighted by Gasteiger charge is 2.35. The van der Waals surface area contributed by atoms with Gasteiger partial charge in [0.25, 0.3) is 0 Å². The first-order chi connectivity index (χ1) is 11.1. The largest absolute Gasteiger partial charge is 0.304 e. The predicted molar refractivity (Wildman–Crippen MR) is 116 cm³/mol. The second kappa shape index (κ2) is 8.25. The summed E-state index contributed by atoms with van der Waals surface area (Å²) in [5, 5.41) is 0. The van der Waals surface area contributed by atoms with E-state index in [9.17, 15) is 0 Å². The molecule has 25 heavy (non-hydrogen) atoms. The third kappa shape index (κ3) is 5.84. The lowest BCUT2D eigenvalue weighted by molar-refractivity contribution is 0.150. The van der Waals surface area contributed by atoms with Gasteiger partial charge in [-0.3, -0.25) is 0 Å². The van der Waals surface area contributed by atoms with E-state index in [1.807, 2.05) is 13.8 Å². The van der Waals surface area contributed by atoms with E-state index in [1.54, 1.807) is 0 Å². The third-order valence-electron chi connectivity index (χ3n) is 6.35. The Bertz CT molecular complexity index is 510. The minimum atomic E-state index is 0.165. The van der Waals surface area contributed by atoms with Crippen LogP contribution < -0.4 is 0 Å². The molecule has 0 saturated carbocycles. The van der Waals surface area contributed by atoms with Gasteiger partial charge >= 0.3 is 0 Å². The molecule has 0 aliphatic rings. The number of hydrogen-bond donors (Lipinski definition) is 0. The summed E-state index contributed by atoms with van der Waals surface area (Å²) in [6, 6.07) is 9.36. The molecule has 0 aromatic heterocycles. The van der Waals surface area contributed by atoms with Gasteiger partial charge in [0.15, 0.2) is 0 Å². The Labute approximate surface area is 159 Å². The zero-order valence-corrected chi connectivity index (χ0v) is 19.5. The molecule has 0 radical (unpaired) electrons. The summed E-state index contributed by atoms with van der Waals surface area (Å²) < 4.78 is 0. The molecule has 0 heterocycles. The molecule has 1 aromatic rings. The molecule has 146 valence electrons. The fourth-order valence-corrected chi connectivity index (χ4v) is 3.11. The fourth-order valence-electron chi connectivity index (χ4n) is 3.11. The fraction of sp³-hybridized carbons (Fsp3) is 0.750. The maximum absolute atomic E-state index is 2.36. The zero-order chi connectivity index (χ0) is 20.3. The Balaban J connectivity index is 0.00000277. The summed E-state index contributed by atoms with van der Waals surface area (Å²) in [6.45, 7) is 25.0. The van der Waals surface area contributed by atoms with Gasteiger partial charge in [-0.25, -0.2) is 0 Å². The molecule has 0 amide bonds.